The van der Waals surface area contributed by atoms with Crippen LogP contribution < -0.4 is 0 Å². The molecule has 1 heterocycles. The average molecular weight is 395 g/mol. The molecule has 0 aliphatic carbocycles. The van der Waals surface area contributed by atoms with Gasteiger partial charge in [0.2, 0.25) is 4.67 Å². The Labute approximate surface area is 95.5 Å². The Balaban J connectivity index is 3.15. The Hall–Kier alpha value is 0.900. The second-order valence-electron chi connectivity index (χ2n) is 2.59. The highest BCUT2D eigenvalue weighted by atomic mass is 127. The molecule has 0 spiro atoms. The second-order valence-corrected chi connectivity index (χ2v) is 6.80. The predicted molar refractivity (Wildman–Crippen MR) is 58.9 cm³/mol. The first-order valence-electron chi connectivity index (χ1n) is 2.93. The number of rotatable bonds is 1. The first-order chi connectivity index (χ1) is 4.93. The number of aromatic nitrogens is 1. The van der Waals surface area contributed by atoms with Crippen LogP contribution in [0.1, 0.15) is 19.5 Å². The molecule has 1 aromatic rings. The standard InChI is InChI=1S/C6H6Br2INO/c1-6(2,9)4-3(7)5(8)11-10-4/h1-2H3. The molecular weight excluding hydrogens is 389 g/mol. The Morgan fingerprint density at radius 3 is 2.18 bits per heavy atom. The monoisotopic (exact) mass is 393 g/mol. The normalized spacial score (nSPS) is 12.1. The summed E-state index contributed by atoms with van der Waals surface area (Å²) in [5, 5.41) is 3.91. The van der Waals surface area contributed by atoms with Crippen LogP contribution in [0.5, 0.6) is 0 Å². The highest BCUT2D eigenvalue weighted by Gasteiger charge is 2.25. The van der Waals surface area contributed by atoms with Crippen molar-refractivity contribution in [1.29, 1.82) is 0 Å². The fourth-order valence-electron chi connectivity index (χ4n) is 0.628. The molecule has 11 heavy (non-hydrogen) atoms. The molecule has 0 aromatic carbocycles. The summed E-state index contributed by atoms with van der Waals surface area (Å²) in [5.74, 6) is 0. The van der Waals surface area contributed by atoms with Gasteiger partial charge in [0, 0.05) is 0 Å². The average Bonchev–Trinajstić information content (AvgIpc) is 2.11. The lowest BCUT2D eigenvalue weighted by molar-refractivity contribution is 0.389. The van der Waals surface area contributed by atoms with Crippen LogP contribution in [0.4, 0.5) is 0 Å². The fraction of sp³-hybridized carbons (Fsp3) is 0.500. The van der Waals surface area contributed by atoms with E-state index in [1.807, 2.05) is 0 Å². The molecule has 0 unspecified atom stereocenters. The van der Waals surface area contributed by atoms with Crippen LogP contribution in [0.25, 0.3) is 0 Å². The summed E-state index contributed by atoms with van der Waals surface area (Å²) in [6.07, 6.45) is 0. The summed E-state index contributed by atoms with van der Waals surface area (Å²) in [7, 11) is 0. The molecule has 0 fully saturated rings. The summed E-state index contributed by atoms with van der Waals surface area (Å²) in [6.45, 7) is 4.14. The molecule has 1 aromatic heterocycles. The Morgan fingerprint density at radius 2 is 2.00 bits per heavy atom. The molecule has 0 aliphatic rings. The van der Waals surface area contributed by atoms with Crippen molar-refractivity contribution in [3.05, 3.63) is 14.8 Å². The van der Waals surface area contributed by atoms with Gasteiger partial charge in [0.25, 0.3) is 0 Å². The number of hydrogen-bond acceptors (Lipinski definition) is 2. The van der Waals surface area contributed by atoms with Crippen molar-refractivity contribution in [3.63, 3.8) is 0 Å². The zero-order valence-electron chi connectivity index (χ0n) is 5.99. The van der Waals surface area contributed by atoms with E-state index in [1.165, 1.54) is 0 Å². The zero-order chi connectivity index (χ0) is 8.65. The van der Waals surface area contributed by atoms with Crippen molar-refractivity contribution in [2.45, 2.75) is 17.3 Å². The van der Waals surface area contributed by atoms with Gasteiger partial charge in [-0.15, -0.1) is 0 Å². The SMILES string of the molecule is CC(C)(I)c1noc(Br)c1Br. The first kappa shape index (κ1) is 9.98. The van der Waals surface area contributed by atoms with E-state index in [-0.39, 0.29) is 3.42 Å². The molecule has 62 valence electrons. The minimum atomic E-state index is -0.00782. The van der Waals surface area contributed by atoms with Crippen molar-refractivity contribution in [2.24, 2.45) is 0 Å². The van der Waals surface area contributed by atoms with Crippen LogP contribution in [0.15, 0.2) is 13.7 Å². The Morgan fingerprint density at radius 1 is 1.45 bits per heavy atom. The highest BCUT2D eigenvalue weighted by Crippen LogP contribution is 2.38. The van der Waals surface area contributed by atoms with E-state index in [0.717, 1.165) is 10.2 Å². The van der Waals surface area contributed by atoms with Crippen LogP contribution in [0.2, 0.25) is 0 Å². The van der Waals surface area contributed by atoms with Crippen LogP contribution in [0, 0.1) is 0 Å². The van der Waals surface area contributed by atoms with Crippen molar-refractivity contribution in [2.75, 3.05) is 0 Å². The van der Waals surface area contributed by atoms with E-state index >= 15 is 0 Å². The maximum absolute atomic E-state index is 4.94. The summed E-state index contributed by atoms with van der Waals surface area (Å²) in [6, 6.07) is 0. The third-order valence-electron chi connectivity index (χ3n) is 1.16. The molecule has 0 atom stereocenters. The van der Waals surface area contributed by atoms with Gasteiger partial charge in [0.05, 0.1) is 7.89 Å². The van der Waals surface area contributed by atoms with Gasteiger partial charge in [-0.3, -0.25) is 0 Å². The number of nitrogens with zero attached hydrogens (tertiary/aromatic N) is 1. The van der Waals surface area contributed by atoms with Crippen molar-refractivity contribution in [1.82, 2.24) is 5.16 Å². The van der Waals surface area contributed by atoms with E-state index in [9.17, 15) is 0 Å². The number of halogens is 3. The van der Waals surface area contributed by atoms with Crippen LogP contribution >= 0.6 is 54.5 Å². The van der Waals surface area contributed by atoms with E-state index in [1.54, 1.807) is 0 Å². The molecule has 0 bridgehead atoms. The molecule has 0 N–H and O–H groups in total. The molecule has 2 nitrogen and oxygen atoms in total. The molecular formula is C6H6Br2INO. The van der Waals surface area contributed by atoms with E-state index in [2.05, 4.69) is 73.5 Å². The van der Waals surface area contributed by atoms with Gasteiger partial charge in [-0.1, -0.05) is 27.7 Å². The van der Waals surface area contributed by atoms with Gasteiger partial charge in [0.1, 0.15) is 5.69 Å². The topological polar surface area (TPSA) is 26.0 Å². The molecule has 0 aliphatic heterocycles. The number of hydrogen-bond donors (Lipinski definition) is 0. The number of alkyl halides is 1. The highest BCUT2D eigenvalue weighted by molar-refractivity contribution is 14.1. The third-order valence-corrected chi connectivity index (χ3v) is 3.48. The summed E-state index contributed by atoms with van der Waals surface area (Å²) in [5.41, 5.74) is 0.921. The summed E-state index contributed by atoms with van der Waals surface area (Å²) < 4.78 is 6.48. The first-order valence-corrected chi connectivity index (χ1v) is 5.59. The molecule has 0 saturated heterocycles. The summed E-state index contributed by atoms with van der Waals surface area (Å²) in [4.78, 5) is 0. The lowest BCUT2D eigenvalue weighted by Gasteiger charge is -2.11. The van der Waals surface area contributed by atoms with Gasteiger partial charge < -0.3 is 4.52 Å². The summed E-state index contributed by atoms with van der Waals surface area (Å²) >= 11 is 8.92. The zero-order valence-corrected chi connectivity index (χ0v) is 11.3. The van der Waals surface area contributed by atoms with Gasteiger partial charge in [-0.25, -0.2) is 0 Å². The maximum Gasteiger partial charge on any atom is 0.216 e. The fourth-order valence-corrected chi connectivity index (χ4v) is 2.27. The smallest absolute Gasteiger partial charge is 0.216 e. The van der Waals surface area contributed by atoms with Gasteiger partial charge in [0.15, 0.2) is 0 Å². The molecule has 5 heteroatoms. The lowest BCUT2D eigenvalue weighted by Crippen LogP contribution is -2.07. The van der Waals surface area contributed by atoms with E-state index in [0.29, 0.717) is 4.67 Å². The lowest BCUT2D eigenvalue weighted by atomic mass is 10.1. The second kappa shape index (κ2) is 3.33. The van der Waals surface area contributed by atoms with E-state index < -0.39 is 0 Å². The van der Waals surface area contributed by atoms with Crippen LogP contribution in [0.3, 0.4) is 0 Å². The molecule has 0 amide bonds. The van der Waals surface area contributed by atoms with Crippen molar-refractivity contribution in [3.8, 4) is 0 Å². The van der Waals surface area contributed by atoms with E-state index in [4.69, 9.17) is 4.52 Å². The maximum atomic E-state index is 4.94. The van der Waals surface area contributed by atoms with Crippen LogP contribution in [-0.2, 0) is 3.42 Å². The molecule has 0 radical (unpaired) electrons. The minimum Gasteiger partial charge on any atom is -0.348 e. The van der Waals surface area contributed by atoms with Gasteiger partial charge in [-0.05, 0) is 45.7 Å². The quantitative estimate of drug-likeness (QED) is 0.534. The van der Waals surface area contributed by atoms with Gasteiger partial charge in [-0.2, -0.15) is 0 Å². The van der Waals surface area contributed by atoms with Crippen molar-refractivity contribution < 1.29 is 4.52 Å². The minimum absolute atomic E-state index is 0.00782. The molecule has 1 rings (SSSR count). The molecule has 0 saturated carbocycles. The largest absolute Gasteiger partial charge is 0.348 e. The third kappa shape index (κ3) is 2.18. The Kier molecular flexibility index (Phi) is 3.03. The predicted octanol–water partition coefficient (Wildman–Crippen LogP) is 3.87. The Bertz CT molecular complexity index is 266. The van der Waals surface area contributed by atoms with Crippen molar-refractivity contribution >= 4 is 54.5 Å². The van der Waals surface area contributed by atoms with Gasteiger partial charge >= 0.3 is 0 Å². The van der Waals surface area contributed by atoms with Crippen LogP contribution in [-0.4, -0.2) is 5.16 Å².